The van der Waals surface area contributed by atoms with E-state index in [1.807, 2.05) is 4.90 Å². The minimum atomic E-state index is 0.193. The molecule has 0 saturated carbocycles. The Hall–Kier alpha value is -0.610. The molecule has 1 fully saturated rings. The van der Waals surface area contributed by atoms with Crippen LogP contribution in [0.5, 0.6) is 0 Å². The number of nitrogens with zero attached hydrogens (tertiary/aromatic N) is 1. The van der Waals surface area contributed by atoms with E-state index in [0.29, 0.717) is 18.5 Å². The zero-order chi connectivity index (χ0) is 10.6. The molecule has 0 aromatic heterocycles. The van der Waals surface area contributed by atoms with Crippen LogP contribution in [0, 0.1) is 5.92 Å². The van der Waals surface area contributed by atoms with Crippen LogP contribution < -0.4 is 5.32 Å². The Morgan fingerprint density at radius 3 is 2.93 bits per heavy atom. The Labute approximate surface area is 85.6 Å². The maximum Gasteiger partial charge on any atom is 0.236 e. The van der Waals surface area contributed by atoms with Gasteiger partial charge in [0.15, 0.2) is 0 Å². The molecule has 0 aromatic carbocycles. The molecule has 1 amide bonds. The van der Waals surface area contributed by atoms with Crippen molar-refractivity contribution in [3.05, 3.63) is 0 Å². The van der Waals surface area contributed by atoms with Crippen molar-refractivity contribution in [2.24, 2.45) is 5.92 Å². The number of hydrogen-bond donors (Lipinski definition) is 1. The number of amides is 1. The van der Waals surface area contributed by atoms with Crippen LogP contribution in [0.4, 0.5) is 0 Å². The summed E-state index contributed by atoms with van der Waals surface area (Å²) in [6.45, 7) is 4.14. The van der Waals surface area contributed by atoms with E-state index >= 15 is 0 Å². The van der Waals surface area contributed by atoms with Crippen molar-refractivity contribution in [3.8, 4) is 0 Å². The van der Waals surface area contributed by atoms with Crippen molar-refractivity contribution in [2.75, 3.05) is 33.9 Å². The molecule has 4 heteroatoms. The SMILES string of the molecule is CNCC(=O)N1CC(COC)CC1C. The zero-order valence-electron chi connectivity index (χ0n) is 9.25. The van der Waals surface area contributed by atoms with Gasteiger partial charge >= 0.3 is 0 Å². The van der Waals surface area contributed by atoms with Gasteiger partial charge in [0.1, 0.15) is 0 Å². The lowest BCUT2D eigenvalue weighted by atomic mass is 10.1. The van der Waals surface area contributed by atoms with Crippen molar-refractivity contribution < 1.29 is 9.53 Å². The molecule has 2 atom stereocenters. The second kappa shape index (κ2) is 5.32. The molecule has 0 aromatic rings. The summed E-state index contributed by atoms with van der Waals surface area (Å²) in [7, 11) is 3.51. The maximum absolute atomic E-state index is 11.6. The molecule has 0 bridgehead atoms. The Balaban J connectivity index is 2.43. The third-order valence-corrected chi connectivity index (χ3v) is 2.71. The first kappa shape index (κ1) is 11.5. The maximum atomic E-state index is 11.6. The van der Waals surface area contributed by atoms with Crippen molar-refractivity contribution in [3.63, 3.8) is 0 Å². The average molecular weight is 200 g/mol. The van der Waals surface area contributed by atoms with E-state index in [1.54, 1.807) is 14.2 Å². The number of likely N-dealkylation sites (N-methyl/N-ethyl adjacent to an activating group) is 1. The molecule has 4 nitrogen and oxygen atoms in total. The quantitative estimate of drug-likeness (QED) is 0.699. The van der Waals surface area contributed by atoms with E-state index < -0.39 is 0 Å². The van der Waals surface area contributed by atoms with Gasteiger partial charge in [-0.1, -0.05) is 0 Å². The molecule has 1 aliphatic heterocycles. The molecule has 14 heavy (non-hydrogen) atoms. The molecule has 1 heterocycles. The Morgan fingerprint density at radius 1 is 1.64 bits per heavy atom. The highest BCUT2D eigenvalue weighted by atomic mass is 16.5. The summed E-state index contributed by atoms with van der Waals surface area (Å²) < 4.78 is 5.11. The first-order chi connectivity index (χ1) is 6.69. The van der Waals surface area contributed by atoms with Gasteiger partial charge in [0.25, 0.3) is 0 Å². The Bertz CT molecular complexity index is 197. The number of nitrogens with one attached hydrogen (secondary N) is 1. The first-order valence-electron chi connectivity index (χ1n) is 5.12. The minimum absolute atomic E-state index is 0.193. The highest BCUT2D eigenvalue weighted by molar-refractivity contribution is 5.78. The van der Waals surface area contributed by atoms with E-state index in [-0.39, 0.29) is 5.91 Å². The van der Waals surface area contributed by atoms with Gasteiger partial charge in [-0.3, -0.25) is 4.79 Å². The normalized spacial score (nSPS) is 26.9. The standard InChI is InChI=1S/C10H20N2O2/c1-8-4-9(7-14-3)6-12(8)10(13)5-11-2/h8-9,11H,4-7H2,1-3H3. The number of likely N-dealkylation sites (tertiary alicyclic amines) is 1. The van der Waals surface area contributed by atoms with Crippen LogP contribution in [0.3, 0.4) is 0 Å². The molecule has 2 unspecified atom stereocenters. The third kappa shape index (κ3) is 2.69. The van der Waals surface area contributed by atoms with E-state index in [1.165, 1.54) is 0 Å². The molecule has 0 radical (unpaired) electrons. The largest absolute Gasteiger partial charge is 0.384 e. The summed E-state index contributed by atoms with van der Waals surface area (Å²) in [5.41, 5.74) is 0. The third-order valence-electron chi connectivity index (χ3n) is 2.71. The fourth-order valence-electron chi connectivity index (χ4n) is 2.10. The number of rotatable bonds is 4. The van der Waals surface area contributed by atoms with Crippen LogP contribution in [0.2, 0.25) is 0 Å². The lowest BCUT2D eigenvalue weighted by Crippen LogP contribution is -2.39. The van der Waals surface area contributed by atoms with E-state index in [4.69, 9.17) is 4.74 Å². The predicted molar refractivity (Wildman–Crippen MR) is 55.1 cm³/mol. The van der Waals surface area contributed by atoms with Crippen molar-refractivity contribution >= 4 is 5.91 Å². The number of carbonyl (C=O) groups is 1. The molecule has 1 N–H and O–H groups in total. The average Bonchev–Trinajstić information content (AvgIpc) is 2.48. The fraction of sp³-hybridized carbons (Fsp3) is 0.900. The lowest BCUT2D eigenvalue weighted by molar-refractivity contribution is -0.130. The van der Waals surface area contributed by atoms with Gasteiger partial charge in [-0.15, -0.1) is 0 Å². The van der Waals surface area contributed by atoms with Crippen LogP contribution in [0.25, 0.3) is 0 Å². The predicted octanol–water partition coefficient (Wildman–Crippen LogP) is 0.0892. The zero-order valence-corrected chi connectivity index (χ0v) is 9.25. The van der Waals surface area contributed by atoms with E-state index in [0.717, 1.165) is 19.6 Å². The van der Waals surface area contributed by atoms with Gasteiger partial charge < -0.3 is 15.0 Å². The Morgan fingerprint density at radius 2 is 2.36 bits per heavy atom. The van der Waals surface area contributed by atoms with Crippen LogP contribution >= 0.6 is 0 Å². The van der Waals surface area contributed by atoms with Gasteiger partial charge in [-0.05, 0) is 20.4 Å². The van der Waals surface area contributed by atoms with Crippen LogP contribution in [0.1, 0.15) is 13.3 Å². The number of methoxy groups -OCH3 is 1. The molecular weight excluding hydrogens is 180 g/mol. The van der Waals surface area contributed by atoms with E-state index in [2.05, 4.69) is 12.2 Å². The Kier molecular flexibility index (Phi) is 4.35. The summed E-state index contributed by atoms with van der Waals surface area (Å²) in [5.74, 6) is 0.703. The molecule has 1 aliphatic rings. The summed E-state index contributed by atoms with van der Waals surface area (Å²) in [6.07, 6.45) is 1.06. The van der Waals surface area contributed by atoms with Crippen molar-refractivity contribution in [1.82, 2.24) is 10.2 Å². The second-order valence-corrected chi connectivity index (χ2v) is 3.98. The summed E-state index contributed by atoms with van der Waals surface area (Å²) in [5, 5.41) is 2.89. The fourth-order valence-corrected chi connectivity index (χ4v) is 2.10. The smallest absolute Gasteiger partial charge is 0.236 e. The molecule has 0 spiro atoms. The molecule has 1 rings (SSSR count). The molecule has 0 aliphatic carbocycles. The van der Waals surface area contributed by atoms with Gasteiger partial charge in [0, 0.05) is 25.6 Å². The lowest BCUT2D eigenvalue weighted by Gasteiger charge is -2.21. The van der Waals surface area contributed by atoms with Gasteiger partial charge in [-0.2, -0.15) is 0 Å². The summed E-state index contributed by atoms with van der Waals surface area (Å²) in [6, 6.07) is 0.357. The number of ether oxygens (including phenoxy) is 1. The molecule has 1 saturated heterocycles. The summed E-state index contributed by atoms with van der Waals surface area (Å²) in [4.78, 5) is 13.6. The topological polar surface area (TPSA) is 41.6 Å². The van der Waals surface area contributed by atoms with Gasteiger partial charge in [0.05, 0.1) is 13.2 Å². The highest BCUT2D eigenvalue weighted by Gasteiger charge is 2.31. The van der Waals surface area contributed by atoms with Gasteiger partial charge in [-0.25, -0.2) is 0 Å². The van der Waals surface area contributed by atoms with Crippen molar-refractivity contribution in [2.45, 2.75) is 19.4 Å². The van der Waals surface area contributed by atoms with Crippen LogP contribution in [-0.2, 0) is 9.53 Å². The first-order valence-corrected chi connectivity index (χ1v) is 5.12. The monoisotopic (exact) mass is 200 g/mol. The van der Waals surface area contributed by atoms with Crippen LogP contribution in [0.15, 0.2) is 0 Å². The summed E-state index contributed by atoms with van der Waals surface area (Å²) >= 11 is 0. The van der Waals surface area contributed by atoms with Crippen LogP contribution in [-0.4, -0.2) is 50.7 Å². The van der Waals surface area contributed by atoms with E-state index in [9.17, 15) is 4.79 Å². The van der Waals surface area contributed by atoms with Crippen molar-refractivity contribution in [1.29, 1.82) is 0 Å². The number of hydrogen-bond acceptors (Lipinski definition) is 3. The van der Waals surface area contributed by atoms with Gasteiger partial charge in [0.2, 0.25) is 5.91 Å². The second-order valence-electron chi connectivity index (χ2n) is 3.98. The molecule has 82 valence electrons. The minimum Gasteiger partial charge on any atom is -0.384 e. The molecular formula is C10H20N2O2. The highest BCUT2D eigenvalue weighted by Crippen LogP contribution is 2.22. The number of carbonyl (C=O) groups excluding carboxylic acids is 1.